The first-order valence-corrected chi connectivity index (χ1v) is 8.05. The summed E-state index contributed by atoms with van der Waals surface area (Å²) in [5, 5.41) is 3.54. The van der Waals surface area contributed by atoms with Crippen LogP contribution in [0.2, 0.25) is 0 Å². The first-order valence-electron chi connectivity index (χ1n) is 8.05. The minimum atomic E-state index is 0.0197. The van der Waals surface area contributed by atoms with Crippen LogP contribution in [0.3, 0.4) is 0 Å². The highest BCUT2D eigenvalue weighted by atomic mass is 16.5. The summed E-state index contributed by atoms with van der Waals surface area (Å²) in [6, 6.07) is 11.2. The van der Waals surface area contributed by atoms with Crippen LogP contribution in [0.4, 0.5) is 0 Å². The maximum absolute atomic E-state index is 6.28. The first-order chi connectivity index (χ1) is 9.70. The van der Waals surface area contributed by atoms with Gasteiger partial charge in [0.15, 0.2) is 0 Å². The number of likely N-dealkylation sites (N-methyl/N-ethyl adjacent to an activating group) is 1. The van der Waals surface area contributed by atoms with Crippen LogP contribution in [-0.2, 0) is 11.2 Å². The van der Waals surface area contributed by atoms with E-state index in [9.17, 15) is 0 Å². The number of nitrogens with one attached hydrogen (secondary N) is 1. The summed E-state index contributed by atoms with van der Waals surface area (Å²) in [7, 11) is 2.08. The Bertz CT molecular complexity index is 382. The van der Waals surface area contributed by atoms with Crippen molar-refractivity contribution in [2.45, 2.75) is 57.6 Å². The molecule has 1 fully saturated rings. The maximum Gasteiger partial charge on any atom is 0.0837 e. The Morgan fingerprint density at radius 1 is 1.25 bits per heavy atom. The van der Waals surface area contributed by atoms with Gasteiger partial charge in [0.1, 0.15) is 0 Å². The number of hydrogen-bond acceptors (Lipinski definition) is 2. The lowest BCUT2D eigenvalue weighted by Gasteiger charge is -2.45. The van der Waals surface area contributed by atoms with Crippen molar-refractivity contribution < 1.29 is 4.74 Å². The molecule has 1 unspecified atom stereocenters. The fraction of sp³-hybridized carbons (Fsp3) is 0.667. The molecule has 1 aromatic rings. The van der Waals surface area contributed by atoms with E-state index in [0.717, 1.165) is 18.9 Å². The number of benzene rings is 1. The molecule has 1 atom stereocenters. The van der Waals surface area contributed by atoms with E-state index < -0.39 is 0 Å². The van der Waals surface area contributed by atoms with Crippen LogP contribution in [0.15, 0.2) is 30.3 Å². The van der Waals surface area contributed by atoms with Crippen molar-refractivity contribution in [2.75, 3.05) is 13.7 Å². The van der Waals surface area contributed by atoms with E-state index in [1.54, 1.807) is 0 Å². The summed E-state index contributed by atoms with van der Waals surface area (Å²) in [5.74, 6) is 0.845. The van der Waals surface area contributed by atoms with Gasteiger partial charge in [-0.05, 0) is 57.6 Å². The molecular formula is C18H29NO. The first kappa shape index (κ1) is 15.5. The van der Waals surface area contributed by atoms with Gasteiger partial charge in [-0.1, -0.05) is 37.3 Å². The largest absolute Gasteiger partial charge is 0.374 e. The average Bonchev–Trinajstić information content (AvgIpc) is 2.49. The second-order valence-corrected chi connectivity index (χ2v) is 6.21. The van der Waals surface area contributed by atoms with Crippen molar-refractivity contribution in [1.29, 1.82) is 0 Å². The minimum Gasteiger partial charge on any atom is -0.374 e. The molecule has 1 saturated carbocycles. The molecule has 0 aromatic heterocycles. The molecule has 0 saturated heterocycles. The molecule has 0 spiro atoms. The van der Waals surface area contributed by atoms with E-state index in [4.69, 9.17) is 4.74 Å². The fourth-order valence-electron chi connectivity index (χ4n) is 3.53. The van der Waals surface area contributed by atoms with Gasteiger partial charge in [-0.2, -0.15) is 0 Å². The van der Waals surface area contributed by atoms with Gasteiger partial charge in [-0.25, -0.2) is 0 Å². The van der Waals surface area contributed by atoms with Gasteiger partial charge in [0.2, 0.25) is 0 Å². The van der Waals surface area contributed by atoms with Crippen molar-refractivity contribution in [3.8, 4) is 0 Å². The van der Waals surface area contributed by atoms with Crippen LogP contribution in [-0.4, -0.2) is 25.3 Å². The van der Waals surface area contributed by atoms with Crippen molar-refractivity contribution in [1.82, 2.24) is 5.32 Å². The highest BCUT2D eigenvalue weighted by molar-refractivity contribution is 5.17. The van der Waals surface area contributed by atoms with Crippen molar-refractivity contribution in [3.05, 3.63) is 35.9 Å². The third-order valence-electron chi connectivity index (χ3n) is 4.82. The van der Waals surface area contributed by atoms with Gasteiger partial charge in [-0.15, -0.1) is 0 Å². The van der Waals surface area contributed by atoms with E-state index in [2.05, 4.69) is 56.5 Å². The summed E-state index contributed by atoms with van der Waals surface area (Å²) < 4.78 is 6.28. The van der Waals surface area contributed by atoms with Crippen LogP contribution in [0.5, 0.6) is 0 Å². The molecule has 1 aliphatic carbocycles. The highest BCUT2D eigenvalue weighted by Gasteiger charge is 2.41. The van der Waals surface area contributed by atoms with Crippen LogP contribution in [0.1, 0.15) is 45.1 Å². The smallest absolute Gasteiger partial charge is 0.0837 e. The van der Waals surface area contributed by atoms with E-state index in [1.807, 2.05) is 0 Å². The molecular weight excluding hydrogens is 246 g/mol. The molecule has 1 aliphatic rings. The third kappa shape index (κ3) is 3.62. The zero-order valence-corrected chi connectivity index (χ0v) is 13.2. The molecule has 2 rings (SSSR count). The molecule has 20 heavy (non-hydrogen) atoms. The summed E-state index contributed by atoms with van der Waals surface area (Å²) in [5.41, 5.74) is 1.41. The molecule has 0 aliphatic heterocycles. The second-order valence-electron chi connectivity index (χ2n) is 6.21. The predicted molar refractivity (Wildman–Crippen MR) is 85.0 cm³/mol. The van der Waals surface area contributed by atoms with Gasteiger partial charge >= 0.3 is 0 Å². The molecule has 1 N–H and O–H groups in total. The van der Waals surface area contributed by atoms with E-state index in [1.165, 1.54) is 31.2 Å². The quantitative estimate of drug-likeness (QED) is 0.852. The van der Waals surface area contributed by atoms with Gasteiger partial charge in [-0.3, -0.25) is 0 Å². The number of rotatable bonds is 6. The van der Waals surface area contributed by atoms with Gasteiger partial charge < -0.3 is 10.1 Å². The Balaban J connectivity index is 2.13. The summed E-state index contributed by atoms with van der Waals surface area (Å²) in [6.07, 6.45) is 5.98. The fourth-order valence-corrected chi connectivity index (χ4v) is 3.53. The molecule has 0 heterocycles. The van der Waals surface area contributed by atoms with E-state index >= 15 is 0 Å². The topological polar surface area (TPSA) is 21.3 Å². The lowest BCUT2D eigenvalue weighted by Crippen LogP contribution is -2.54. The van der Waals surface area contributed by atoms with Crippen LogP contribution in [0.25, 0.3) is 0 Å². The SMILES string of the molecule is CCOC1(C(Cc2ccccc2)NC)CCC(C)CC1. The Kier molecular flexibility index (Phi) is 5.62. The third-order valence-corrected chi connectivity index (χ3v) is 4.82. The van der Waals surface area contributed by atoms with E-state index in [-0.39, 0.29) is 5.60 Å². The normalized spacial score (nSPS) is 28.2. The van der Waals surface area contributed by atoms with E-state index in [0.29, 0.717) is 6.04 Å². The molecule has 1 aromatic carbocycles. The van der Waals surface area contributed by atoms with Gasteiger partial charge in [0, 0.05) is 12.6 Å². The summed E-state index contributed by atoms with van der Waals surface area (Å²) in [6.45, 7) is 5.29. The van der Waals surface area contributed by atoms with Crippen molar-refractivity contribution in [2.24, 2.45) is 5.92 Å². The molecule has 0 amide bonds. The zero-order chi connectivity index (χ0) is 14.4. The van der Waals surface area contributed by atoms with Crippen LogP contribution < -0.4 is 5.32 Å². The zero-order valence-electron chi connectivity index (χ0n) is 13.2. The van der Waals surface area contributed by atoms with Crippen molar-refractivity contribution >= 4 is 0 Å². The van der Waals surface area contributed by atoms with Gasteiger partial charge in [0.05, 0.1) is 5.60 Å². The molecule has 0 radical (unpaired) electrons. The summed E-state index contributed by atoms with van der Waals surface area (Å²) in [4.78, 5) is 0. The molecule has 2 nitrogen and oxygen atoms in total. The Labute approximate surface area is 123 Å². The lowest BCUT2D eigenvalue weighted by atomic mass is 9.73. The predicted octanol–water partition coefficient (Wildman–Crippen LogP) is 3.80. The molecule has 0 bridgehead atoms. The Morgan fingerprint density at radius 2 is 1.90 bits per heavy atom. The van der Waals surface area contributed by atoms with Gasteiger partial charge in [0.25, 0.3) is 0 Å². The monoisotopic (exact) mass is 275 g/mol. The molecule has 112 valence electrons. The standard InChI is InChI=1S/C18H29NO/c1-4-20-18(12-10-15(2)11-13-18)17(19-3)14-16-8-6-5-7-9-16/h5-9,15,17,19H,4,10-14H2,1-3H3. The second kappa shape index (κ2) is 7.24. The molecule has 2 heteroatoms. The number of hydrogen-bond donors (Lipinski definition) is 1. The Morgan fingerprint density at radius 3 is 2.45 bits per heavy atom. The maximum atomic E-state index is 6.28. The minimum absolute atomic E-state index is 0.0197. The lowest BCUT2D eigenvalue weighted by molar-refractivity contribution is -0.0947. The van der Waals surface area contributed by atoms with Crippen molar-refractivity contribution in [3.63, 3.8) is 0 Å². The number of ether oxygens (including phenoxy) is 1. The summed E-state index contributed by atoms with van der Waals surface area (Å²) >= 11 is 0. The average molecular weight is 275 g/mol. The Hall–Kier alpha value is -0.860. The van der Waals surface area contributed by atoms with Crippen LogP contribution >= 0.6 is 0 Å². The van der Waals surface area contributed by atoms with Crippen LogP contribution in [0, 0.1) is 5.92 Å². The highest BCUT2D eigenvalue weighted by Crippen LogP contribution is 2.38.